The molecule has 0 N–H and O–H groups in total. The summed E-state index contributed by atoms with van der Waals surface area (Å²) in [7, 11) is 2.31. The molecule has 2 heteroatoms. The third kappa shape index (κ3) is 1.38. The van der Waals surface area contributed by atoms with Crippen molar-refractivity contribution in [3.05, 3.63) is 0 Å². The van der Waals surface area contributed by atoms with Gasteiger partial charge in [-0.15, -0.1) is 0 Å². The number of rotatable bonds is 0. The Balaban J connectivity index is 2.73. The van der Waals surface area contributed by atoms with E-state index in [2.05, 4.69) is 53.6 Å². The van der Waals surface area contributed by atoms with E-state index in [0.29, 0.717) is 11.1 Å². The van der Waals surface area contributed by atoms with E-state index in [1.807, 2.05) is 0 Å². The number of nitrogens with zero attached hydrogens (tertiary/aromatic N) is 2. The molecule has 0 bridgehead atoms. The second kappa shape index (κ2) is 2.24. The highest BCUT2D eigenvalue weighted by molar-refractivity contribution is 4.78. The normalized spacial score (nSPS) is 36.8. The first kappa shape index (κ1) is 10.0. The van der Waals surface area contributed by atoms with Crippen molar-refractivity contribution in [2.45, 2.75) is 52.6 Å². The Morgan fingerprint density at radius 3 is 1.50 bits per heavy atom. The first-order chi connectivity index (χ1) is 5.09. The standard InChI is InChI=1S/C10H23N2/c1-9(2,3)11-8-12(11,7)10(4,5)6/h8H2,1-7H3/q+1. The molecular formula is C10H23N2+. The van der Waals surface area contributed by atoms with E-state index in [4.69, 9.17) is 0 Å². The van der Waals surface area contributed by atoms with Crippen molar-refractivity contribution in [2.24, 2.45) is 0 Å². The van der Waals surface area contributed by atoms with Gasteiger partial charge in [0.25, 0.3) is 0 Å². The molecule has 1 rings (SSSR count). The zero-order valence-corrected chi connectivity index (χ0v) is 9.60. The monoisotopic (exact) mass is 171 g/mol. The van der Waals surface area contributed by atoms with Crippen LogP contribution in [0.1, 0.15) is 41.5 Å². The Morgan fingerprint density at radius 2 is 1.42 bits per heavy atom. The van der Waals surface area contributed by atoms with Gasteiger partial charge in [0.1, 0.15) is 5.54 Å². The van der Waals surface area contributed by atoms with Crippen LogP contribution in [0, 0.1) is 0 Å². The van der Waals surface area contributed by atoms with E-state index in [1.165, 1.54) is 6.67 Å². The van der Waals surface area contributed by atoms with Gasteiger partial charge in [-0.05, 0) is 41.5 Å². The molecular weight excluding hydrogens is 148 g/mol. The minimum absolute atomic E-state index is 0.308. The van der Waals surface area contributed by atoms with E-state index in [1.54, 1.807) is 0 Å². The molecule has 12 heavy (non-hydrogen) atoms. The lowest BCUT2D eigenvalue weighted by Gasteiger charge is -2.32. The summed E-state index contributed by atoms with van der Waals surface area (Å²) in [5, 5.41) is 2.52. The van der Waals surface area contributed by atoms with E-state index < -0.39 is 0 Å². The van der Waals surface area contributed by atoms with Gasteiger partial charge >= 0.3 is 0 Å². The molecule has 0 aromatic carbocycles. The largest absolute Gasteiger partial charge is 0.220 e. The Bertz CT molecular complexity index is 185. The fourth-order valence-electron chi connectivity index (χ4n) is 1.68. The highest BCUT2D eigenvalue weighted by atomic mass is 16.0. The van der Waals surface area contributed by atoms with Crippen LogP contribution in [0.4, 0.5) is 0 Å². The minimum Gasteiger partial charge on any atom is -0.220 e. The molecule has 1 aliphatic rings. The average Bonchev–Trinajstić information content (AvgIpc) is 2.38. The SMILES string of the molecule is CC(C)(C)N1C[N+]1(C)C(C)(C)C. The molecule has 2 nitrogen and oxygen atoms in total. The van der Waals surface area contributed by atoms with Gasteiger partial charge < -0.3 is 0 Å². The van der Waals surface area contributed by atoms with Crippen molar-refractivity contribution in [3.8, 4) is 0 Å². The summed E-state index contributed by atoms with van der Waals surface area (Å²) in [6.45, 7) is 14.9. The smallest absolute Gasteiger partial charge is 0.196 e. The highest BCUT2D eigenvalue weighted by Gasteiger charge is 2.61. The first-order valence-corrected chi connectivity index (χ1v) is 4.73. The summed E-state index contributed by atoms with van der Waals surface area (Å²) in [5.74, 6) is 0. The lowest BCUT2D eigenvalue weighted by atomic mass is 10.1. The van der Waals surface area contributed by atoms with Gasteiger partial charge in [0, 0.05) is 0 Å². The molecule has 72 valence electrons. The Kier molecular flexibility index (Phi) is 1.86. The number of quaternary nitrogens is 1. The number of hydrogen-bond donors (Lipinski definition) is 0. The Labute approximate surface area is 76.7 Å². The summed E-state index contributed by atoms with van der Waals surface area (Å²) >= 11 is 0. The van der Waals surface area contributed by atoms with Crippen LogP contribution >= 0.6 is 0 Å². The second-order valence-electron chi connectivity index (χ2n) is 6.02. The number of hydrogen-bond acceptors (Lipinski definition) is 1. The van der Waals surface area contributed by atoms with Crippen LogP contribution in [0.5, 0.6) is 0 Å². The molecule has 1 fully saturated rings. The van der Waals surface area contributed by atoms with E-state index in [0.717, 1.165) is 4.59 Å². The predicted octanol–water partition coefficient (Wildman–Crippen LogP) is 2.22. The maximum absolute atomic E-state index is 2.52. The van der Waals surface area contributed by atoms with Crippen LogP contribution in [0.15, 0.2) is 0 Å². The molecule has 0 aromatic heterocycles. The maximum atomic E-state index is 2.52. The van der Waals surface area contributed by atoms with Crippen LogP contribution in [0.25, 0.3) is 0 Å². The molecule has 0 saturated carbocycles. The van der Waals surface area contributed by atoms with Crippen molar-refractivity contribution in [1.82, 2.24) is 5.01 Å². The lowest BCUT2D eigenvalue weighted by Crippen LogP contribution is -2.48. The zero-order chi connectivity index (χ0) is 9.78. The summed E-state index contributed by atoms with van der Waals surface area (Å²) in [4.78, 5) is 0. The van der Waals surface area contributed by atoms with Gasteiger partial charge in [-0.3, -0.25) is 0 Å². The van der Waals surface area contributed by atoms with Crippen molar-refractivity contribution in [2.75, 3.05) is 13.7 Å². The van der Waals surface area contributed by atoms with Gasteiger partial charge in [0.05, 0.1) is 12.6 Å². The summed E-state index contributed by atoms with van der Waals surface area (Å²) in [5.41, 5.74) is 0.648. The van der Waals surface area contributed by atoms with Gasteiger partial charge in [0.2, 0.25) is 0 Å². The maximum Gasteiger partial charge on any atom is 0.196 e. The minimum atomic E-state index is 0.308. The van der Waals surface area contributed by atoms with Crippen LogP contribution in [0.3, 0.4) is 0 Å². The molecule has 2 atom stereocenters. The van der Waals surface area contributed by atoms with Crippen molar-refractivity contribution >= 4 is 0 Å². The molecule has 0 amide bonds. The molecule has 1 heterocycles. The molecule has 0 spiro atoms. The molecule has 0 aliphatic carbocycles. The molecule has 0 aromatic rings. The third-order valence-corrected chi connectivity index (χ3v) is 3.08. The van der Waals surface area contributed by atoms with Crippen LogP contribution in [-0.2, 0) is 0 Å². The van der Waals surface area contributed by atoms with Gasteiger partial charge in [-0.1, -0.05) is 5.01 Å². The summed E-state index contributed by atoms with van der Waals surface area (Å²) < 4.78 is 1.08. The van der Waals surface area contributed by atoms with E-state index >= 15 is 0 Å². The Hall–Kier alpha value is -0.0800. The van der Waals surface area contributed by atoms with E-state index in [9.17, 15) is 0 Å². The topological polar surface area (TPSA) is 3.01 Å². The van der Waals surface area contributed by atoms with Crippen LogP contribution < -0.4 is 0 Å². The third-order valence-electron chi connectivity index (χ3n) is 3.08. The van der Waals surface area contributed by atoms with Gasteiger partial charge in [-0.2, -0.15) is 0 Å². The lowest BCUT2D eigenvalue weighted by molar-refractivity contribution is -0.900. The van der Waals surface area contributed by atoms with Gasteiger partial charge in [-0.25, -0.2) is 4.59 Å². The first-order valence-electron chi connectivity index (χ1n) is 4.73. The molecule has 0 radical (unpaired) electrons. The predicted molar refractivity (Wildman–Crippen MR) is 52.4 cm³/mol. The Morgan fingerprint density at radius 1 is 1.00 bits per heavy atom. The quantitative estimate of drug-likeness (QED) is 0.399. The zero-order valence-electron chi connectivity index (χ0n) is 9.60. The molecule has 1 saturated heterocycles. The second-order valence-corrected chi connectivity index (χ2v) is 6.02. The van der Waals surface area contributed by atoms with Crippen LogP contribution in [-0.4, -0.2) is 34.4 Å². The van der Waals surface area contributed by atoms with Crippen molar-refractivity contribution in [1.29, 1.82) is 0 Å². The molecule has 1 aliphatic heterocycles. The fraction of sp³-hybridized carbons (Fsp3) is 1.00. The summed E-state index contributed by atoms with van der Waals surface area (Å²) in [6, 6.07) is 0. The van der Waals surface area contributed by atoms with Gasteiger partial charge in [0.15, 0.2) is 6.67 Å². The fourth-order valence-corrected chi connectivity index (χ4v) is 1.68. The molecule has 2 unspecified atom stereocenters. The summed E-state index contributed by atoms with van der Waals surface area (Å²) in [6.07, 6.45) is 0. The van der Waals surface area contributed by atoms with Crippen LogP contribution in [0.2, 0.25) is 0 Å². The highest BCUT2D eigenvalue weighted by Crippen LogP contribution is 2.42. The van der Waals surface area contributed by atoms with Crippen molar-refractivity contribution < 1.29 is 4.59 Å². The average molecular weight is 171 g/mol. The van der Waals surface area contributed by atoms with E-state index in [-0.39, 0.29) is 0 Å². The van der Waals surface area contributed by atoms with Crippen molar-refractivity contribution in [3.63, 3.8) is 0 Å².